The Bertz CT molecular complexity index is 1660. The van der Waals surface area contributed by atoms with Gasteiger partial charge in [0.05, 0.1) is 6.04 Å². The Morgan fingerprint density at radius 1 is 0.889 bits per heavy atom. The molecule has 3 amide bonds. The number of fused-ring (bicyclic) bond motifs is 5. The Morgan fingerprint density at radius 3 is 2.31 bits per heavy atom. The van der Waals surface area contributed by atoms with Crippen LogP contribution in [0.5, 0.6) is 0 Å². The summed E-state index contributed by atoms with van der Waals surface area (Å²) in [4.78, 5) is 36.3. The number of hydrogen-bond donors (Lipinski definition) is 0. The van der Waals surface area contributed by atoms with Crippen molar-refractivity contribution in [2.75, 3.05) is 13.2 Å². The van der Waals surface area contributed by atoms with Gasteiger partial charge in [0.15, 0.2) is 0 Å². The van der Waals surface area contributed by atoms with Gasteiger partial charge in [-0.05, 0) is 59.9 Å². The standard InChI is InChI=1S/C35H35N5O5/c41-34-39-19-25(40(34)44-21-23-9-2-1-3-10-23)17-18-31(39)33-37-36-32(45-33)20-38(24-11-8-12-24)35(42)43-22-30-28-15-6-4-13-26(28)27-14-5-7-16-29(27)30/h1-7,9-10,13-16,24-25,30-31H,8,11-12,17-22H2/t25-,31+/m1/s1. The Hall–Kier alpha value is -4.70. The number of rotatable bonds is 9. The Labute approximate surface area is 261 Å². The number of nitrogens with zero attached hydrogens (tertiary/aromatic N) is 5. The molecule has 45 heavy (non-hydrogen) atoms. The molecule has 1 aromatic heterocycles. The van der Waals surface area contributed by atoms with Gasteiger partial charge in [-0.2, -0.15) is 5.06 Å². The molecule has 2 bridgehead atoms. The van der Waals surface area contributed by atoms with Gasteiger partial charge >= 0.3 is 12.1 Å². The van der Waals surface area contributed by atoms with Crippen LogP contribution in [0.1, 0.15) is 72.5 Å². The van der Waals surface area contributed by atoms with Crippen molar-refractivity contribution in [1.82, 2.24) is 25.1 Å². The molecule has 8 rings (SSSR count). The smallest absolute Gasteiger partial charge is 0.410 e. The van der Waals surface area contributed by atoms with E-state index in [0.717, 1.165) is 31.2 Å². The van der Waals surface area contributed by atoms with E-state index in [1.807, 2.05) is 54.6 Å². The zero-order valence-corrected chi connectivity index (χ0v) is 25.0. The van der Waals surface area contributed by atoms with Crippen LogP contribution in [0, 0.1) is 0 Å². The number of carbonyl (C=O) groups is 2. The lowest BCUT2D eigenvalue weighted by Crippen LogP contribution is -2.44. The number of benzene rings is 3. The van der Waals surface area contributed by atoms with Crippen molar-refractivity contribution in [2.45, 2.75) is 69.3 Å². The van der Waals surface area contributed by atoms with E-state index in [9.17, 15) is 9.59 Å². The molecule has 4 aliphatic rings. The van der Waals surface area contributed by atoms with Crippen molar-refractivity contribution in [2.24, 2.45) is 0 Å². The summed E-state index contributed by atoms with van der Waals surface area (Å²) in [7, 11) is 0. The molecule has 10 nitrogen and oxygen atoms in total. The summed E-state index contributed by atoms with van der Waals surface area (Å²) in [5.41, 5.74) is 5.75. The molecule has 2 aliphatic carbocycles. The van der Waals surface area contributed by atoms with Crippen LogP contribution in [-0.4, -0.2) is 62.4 Å². The van der Waals surface area contributed by atoms with Gasteiger partial charge in [0.25, 0.3) is 0 Å². The van der Waals surface area contributed by atoms with Crippen LogP contribution < -0.4 is 0 Å². The molecule has 1 saturated carbocycles. The molecule has 0 N–H and O–H groups in total. The van der Waals surface area contributed by atoms with Crippen molar-refractivity contribution >= 4 is 12.1 Å². The molecule has 0 spiro atoms. The molecule has 2 aliphatic heterocycles. The molecule has 2 atom stereocenters. The zero-order valence-electron chi connectivity index (χ0n) is 25.0. The molecular weight excluding hydrogens is 570 g/mol. The summed E-state index contributed by atoms with van der Waals surface area (Å²) in [6.07, 6.45) is 3.99. The average Bonchev–Trinajstić information content (AvgIpc) is 3.72. The summed E-state index contributed by atoms with van der Waals surface area (Å²) < 4.78 is 12.1. The van der Waals surface area contributed by atoms with Gasteiger partial charge in [0, 0.05) is 18.5 Å². The van der Waals surface area contributed by atoms with Crippen LogP contribution in [0.25, 0.3) is 11.1 Å². The first-order valence-electron chi connectivity index (χ1n) is 15.8. The van der Waals surface area contributed by atoms with Gasteiger partial charge < -0.3 is 14.1 Å². The third-order valence-electron chi connectivity index (χ3n) is 9.70. The van der Waals surface area contributed by atoms with Gasteiger partial charge in [-0.1, -0.05) is 78.9 Å². The molecule has 4 aromatic rings. The van der Waals surface area contributed by atoms with Crippen LogP contribution in [0.4, 0.5) is 9.59 Å². The number of hydrogen-bond acceptors (Lipinski definition) is 7. The van der Waals surface area contributed by atoms with Crippen molar-refractivity contribution in [1.29, 1.82) is 0 Å². The van der Waals surface area contributed by atoms with E-state index in [1.54, 1.807) is 9.80 Å². The van der Waals surface area contributed by atoms with Crippen LogP contribution in [0.15, 0.2) is 83.3 Å². The van der Waals surface area contributed by atoms with E-state index in [-0.39, 0.29) is 49.3 Å². The van der Waals surface area contributed by atoms with E-state index in [2.05, 4.69) is 34.5 Å². The van der Waals surface area contributed by atoms with Crippen molar-refractivity contribution in [3.05, 3.63) is 107 Å². The fourth-order valence-electron chi connectivity index (χ4n) is 7.10. The maximum absolute atomic E-state index is 13.6. The Morgan fingerprint density at radius 2 is 1.60 bits per heavy atom. The summed E-state index contributed by atoms with van der Waals surface area (Å²) >= 11 is 0. The lowest BCUT2D eigenvalue weighted by molar-refractivity contribution is -0.140. The molecule has 230 valence electrons. The minimum atomic E-state index is -0.372. The fraction of sp³-hybridized carbons (Fsp3) is 0.371. The molecule has 3 heterocycles. The largest absolute Gasteiger partial charge is 0.448 e. The number of ether oxygens (including phenoxy) is 1. The molecule has 0 radical (unpaired) electrons. The molecule has 3 aromatic carbocycles. The van der Waals surface area contributed by atoms with Crippen molar-refractivity contribution in [3.8, 4) is 11.1 Å². The van der Waals surface area contributed by atoms with E-state index in [1.165, 1.54) is 27.3 Å². The van der Waals surface area contributed by atoms with E-state index in [4.69, 9.17) is 14.0 Å². The second kappa shape index (κ2) is 11.7. The van der Waals surface area contributed by atoms with Crippen LogP contribution in [0.3, 0.4) is 0 Å². The van der Waals surface area contributed by atoms with Gasteiger partial charge in [-0.15, -0.1) is 10.2 Å². The van der Waals surface area contributed by atoms with Gasteiger partial charge in [-0.25, -0.2) is 9.59 Å². The highest BCUT2D eigenvalue weighted by molar-refractivity contribution is 5.79. The lowest BCUT2D eigenvalue weighted by atomic mass is 9.92. The van der Waals surface area contributed by atoms with Crippen LogP contribution in [0.2, 0.25) is 0 Å². The summed E-state index contributed by atoms with van der Waals surface area (Å²) in [5, 5.41) is 10.1. The summed E-state index contributed by atoms with van der Waals surface area (Å²) in [6.45, 7) is 1.31. The number of carbonyl (C=O) groups excluding carboxylic acids is 2. The normalized spacial score (nSPS) is 20.6. The quantitative estimate of drug-likeness (QED) is 0.216. The Balaban J connectivity index is 0.930. The van der Waals surface area contributed by atoms with Gasteiger partial charge in [0.2, 0.25) is 11.8 Å². The van der Waals surface area contributed by atoms with E-state index in [0.29, 0.717) is 31.4 Å². The SMILES string of the molecule is O=C(OCC1c2ccccc2-c2ccccc21)N(Cc1nnc([C@@H]2CC[C@@H]3CN2C(=O)N3OCc2ccccc2)o1)C1CCC1. The minimum absolute atomic E-state index is 0.0102. The number of hydroxylamine groups is 2. The number of amides is 3. The predicted octanol–water partition coefficient (Wildman–Crippen LogP) is 6.45. The number of piperidine rings is 1. The highest BCUT2D eigenvalue weighted by Gasteiger charge is 2.48. The minimum Gasteiger partial charge on any atom is -0.448 e. The molecule has 2 saturated heterocycles. The van der Waals surface area contributed by atoms with Crippen molar-refractivity contribution < 1.29 is 23.6 Å². The topological polar surface area (TPSA) is 101 Å². The third-order valence-corrected chi connectivity index (χ3v) is 9.70. The first-order chi connectivity index (χ1) is 22.1. The molecule has 0 unspecified atom stereocenters. The second-order valence-corrected chi connectivity index (χ2v) is 12.3. The predicted molar refractivity (Wildman–Crippen MR) is 163 cm³/mol. The van der Waals surface area contributed by atoms with Crippen LogP contribution >= 0.6 is 0 Å². The van der Waals surface area contributed by atoms with E-state index < -0.39 is 0 Å². The first kappa shape index (κ1) is 27.8. The average molecular weight is 606 g/mol. The Kier molecular flexibility index (Phi) is 7.21. The molecule has 3 fully saturated rings. The second-order valence-electron chi connectivity index (χ2n) is 12.3. The summed E-state index contributed by atoms with van der Waals surface area (Å²) in [5.74, 6) is 0.725. The van der Waals surface area contributed by atoms with E-state index >= 15 is 0 Å². The third kappa shape index (κ3) is 5.12. The summed E-state index contributed by atoms with van der Waals surface area (Å²) in [6, 6.07) is 26.0. The fourth-order valence-corrected chi connectivity index (χ4v) is 7.10. The first-order valence-corrected chi connectivity index (χ1v) is 15.8. The highest BCUT2D eigenvalue weighted by atomic mass is 16.7. The molecule has 10 heteroatoms. The number of aromatic nitrogens is 2. The highest BCUT2D eigenvalue weighted by Crippen LogP contribution is 2.45. The zero-order chi connectivity index (χ0) is 30.3. The maximum atomic E-state index is 13.6. The molecular formula is C35H35N5O5. The maximum Gasteiger partial charge on any atom is 0.410 e. The monoisotopic (exact) mass is 605 g/mol. The van der Waals surface area contributed by atoms with Gasteiger partial charge in [0.1, 0.15) is 25.8 Å². The number of urea groups is 1. The van der Waals surface area contributed by atoms with Crippen LogP contribution in [-0.2, 0) is 22.7 Å². The lowest BCUT2D eigenvalue weighted by Gasteiger charge is -2.36. The van der Waals surface area contributed by atoms with Gasteiger partial charge in [-0.3, -0.25) is 9.74 Å². The van der Waals surface area contributed by atoms with Crippen molar-refractivity contribution in [3.63, 3.8) is 0 Å².